The SMILES string of the molecule is CCN(CC)c1ccc(C2/C(=C(/O)c3ccc(F)c(C)c3)C(=O)C(=O)N2Cc2ccncc2)cc1. The number of ketones is 1. The number of likely N-dealkylation sites (tertiary alicyclic amines) is 1. The first-order valence-electron chi connectivity index (χ1n) is 11.6. The Balaban J connectivity index is 1.84. The van der Waals surface area contributed by atoms with Crippen LogP contribution in [0.5, 0.6) is 0 Å². The highest BCUT2D eigenvalue weighted by atomic mass is 19.1. The number of aryl methyl sites for hydroxylation is 1. The summed E-state index contributed by atoms with van der Waals surface area (Å²) in [5, 5.41) is 11.2. The van der Waals surface area contributed by atoms with Gasteiger partial charge in [0.1, 0.15) is 11.6 Å². The van der Waals surface area contributed by atoms with Crippen molar-refractivity contribution in [3.05, 3.63) is 101 Å². The zero-order chi connectivity index (χ0) is 25.1. The standard InChI is InChI=1S/C28H28FN3O3/c1-4-31(5-2)22-9-6-20(7-10-22)25-24(26(33)21-8-11-23(29)18(3)16-21)27(34)28(35)32(25)17-19-12-14-30-15-13-19/h6-16,25,33H,4-5,17H2,1-3H3/b26-24-. The highest BCUT2D eigenvalue weighted by molar-refractivity contribution is 6.46. The number of hydrogen-bond donors (Lipinski definition) is 1. The minimum Gasteiger partial charge on any atom is -0.507 e. The largest absolute Gasteiger partial charge is 0.507 e. The van der Waals surface area contributed by atoms with E-state index in [0.29, 0.717) is 11.1 Å². The summed E-state index contributed by atoms with van der Waals surface area (Å²) >= 11 is 0. The second-order valence-corrected chi connectivity index (χ2v) is 8.51. The molecule has 0 bridgehead atoms. The van der Waals surface area contributed by atoms with Crippen LogP contribution >= 0.6 is 0 Å². The number of aromatic nitrogens is 1. The lowest BCUT2D eigenvalue weighted by atomic mass is 9.94. The first-order chi connectivity index (χ1) is 16.8. The molecule has 1 saturated heterocycles. The summed E-state index contributed by atoms with van der Waals surface area (Å²) in [6.07, 6.45) is 3.25. The lowest BCUT2D eigenvalue weighted by molar-refractivity contribution is -0.140. The van der Waals surface area contributed by atoms with Crippen molar-refractivity contribution in [3.8, 4) is 0 Å². The van der Waals surface area contributed by atoms with Gasteiger partial charge in [-0.1, -0.05) is 12.1 Å². The molecule has 180 valence electrons. The molecule has 4 rings (SSSR count). The monoisotopic (exact) mass is 473 g/mol. The Kier molecular flexibility index (Phi) is 6.96. The van der Waals surface area contributed by atoms with Gasteiger partial charge in [-0.15, -0.1) is 0 Å². The molecular weight excluding hydrogens is 445 g/mol. The summed E-state index contributed by atoms with van der Waals surface area (Å²) in [5.74, 6) is -2.19. The van der Waals surface area contributed by atoms with Crippen molar-refractivity contribution in [1.29, 1.82) is 0 Å². The molecule has 6 nitrogen and oxygen atoms in total. The van der Waals surface area contributed by atoms with E-state index in [1.165, 1.54) is 23.1 Å². The van der Waals surface area contributed by atoms with Gasteiger partial charge in [0, 0.05) is 43.3 Å². The normalized spacial score (nSPS) is 17.1. The summed E-state index contributed by atoms with van der Waals surface area (Å²) in [7, 11) is 0. The number of aliphatic hydroxyl groups excluding tert-OH is 1. The number of carbonyl (C=O) groups is 2. The van der Waals surface area contributed by atoms with Crippen molar-refractivity contribution in [2.75, 3.05) is 18.0 Å². The van der Waals surface area contributed by atoms with Gasteiger partial charge in [-0.25, -0.2) is 4.39 Å². The Labute approximate surface area is 204 Å². The molecule has 1 aliphatic rings. The third kappa shape index (κ3) is 4.67. The van der Waals surface area contributed by atoms with E-state index >= 15 is 0 Å². The number of nitrogens with zero attached hydrogens (tertiary/aromatic N) is 3. The second kappa shape index (κ2) is 10.1. The van der Waals surface area contributed by atoms with Crippen molar-refractivity contribution in [2.45, 2.75) is 33.4 Å². The highest BCUT2D eigenvalue weighted by Gasteiger charge is 2.46. The molecule has 1 fully saturated rings. The summed E-state index contributed by atoms with van der Waals surface area (Å²) in [6.45, 7) is 7.60. The topological polar surface area (TPSA) is 73.7 Å². The lowest BCUT2D eigenvalue weighted by Gasteiger charge is -2.27. The van der Waals surface area contributed by atoms with Gasteiger partial charge in [0.25, 0.3) is 11.7 Å². The zero-order valence-electron chi connectivity index (χ0n) is 20.0. The van der Waals surface area contributed by atoms with Crippen molar-refractivity contribution in [1.82, 2.24) is 9.88 Å². The Morgan fingerprint density at radius 1 is 1.03 bits per heavy atom. The molecule has 1 aromatic heterocycles. The van der Waals surface area contributed by atoms with Gasteiger partial charge in [0.15, 0.2) is 0 Å². The number of aliphatic hydroxyl groups is 1. The molecule has 2 heterocycles. The van der Waals surface area contributed by atoms with E-state index in [9.17, 15) is 19.1 Å². The molecule has 2 aromatic carbocycles. The Morgan fingerprint density at radius 2 is 1.69 bits per heavy atom. The van der Waals surface area contributed by atoms with Gasteiger partial charge in [-0.2, -0.15) is 0 Å². The second-order valence-electron chi connectivity index (χ2n) is 8.51. The van der Waals surface area contributed by atoms with Crippen LogP contribution in [0.25, 0.3) is 5.76 Å². The van der Waals surface area contributed by atoms with E-state index in [0.717, 1.165) is 24.3 Å². The predicted molar refractivity (Wildman–Crippen MR) is 133 cm³/mol. The van der Waals surface area contributed by atoms with Crippen molar-refractivity contribution in [3.63, 3.8) is 0 Å². The van der Waals surface area contributed by atoms with Crippen LogP contribution in [0.15, 0.2) is 72.6 Å². The van der Waals surface area contributed by atoms with Crippen molar-refractivity contribution >= 4 is 23.1 Å². The number of hydrogen-bond acceptors (Lipinski definition) is 5. The molecule has 35 heavy (non-hydrogen) atoms. The Hall–Kier alpha value is -4.00. The number of rotatable bonds is 7. The third-order valence-electron chi connectivity index (χ3n) is 6.41. The van der Waals surface area contributed by atoms with E-state index in [1.54, 1.807) is 31.5 Å². The maximum Gasteiger partial charge on any atom is 0.295 e. The molecule has 1 N–H and O–H groups in total. The average molecular weight is 474 g/mol. The van der Waals surface area contributed by atoms with E-state index < -0.39 is 23.5 Å². The number of benzene rings is 2. The number of anilines is 1. The van der Waals surface area contributed by atoms with Crippen LogP contribution in [-0.2, 0) is 16.1 Å². The van der Waals surface area contributed by atoms with Gasteiger partial charge < -0.3 is 14.9 Å². The lowest BCUT2D eigenvalue weighted by Crippen LogP contribution is -2.29. The van der Waals surface area contributed by atoms with Crippen LogP contribution in [0.1, 0.15) is 42.1 Å². The molecule has 1 atom stereocenters. The maximum absolute atomic E-state index is 13.8. The predicted octanol–water partition coefficient (Wildman–Crippen LogP) is 5.00. The molecular formula is C28H28FN3O3. The van der Waals surface area contributed by atoms with E-state index in [4.69, 9.17) is 0 Å². The van der Waals surface area contributed by atoms with Crippen LogP contribution in [0.4, 0.5) is 10.1 Å². The first-order valence-corrected chi connectivity index (χ1v) is 11.6. The van der Waals surface area contributed by atoms with Crippen LogP contribution < -0.4 is 4.90 Å². The van der Waals surface area contributed by atoms with Crippen molar-refractivity contribution < 1.29 is 19.1 Å². The van der Waals surface area contributed by atoms with Crippen LogP contribution in [0.3, 0.4) is 0 Å². The third-order valence-corrected chi connectivity index (χ3v) is 6.41. The first kappa shape index (κ1) is 24.1. The summed E-state index contributed by atoms with van der Waals surface area (Å²) in [5.41, 5.74) is 3.15. The van der Waals surface area contributed by atoms with Crippen LogP contribution in [0.2, 0.25) is 0 Å². The molecule has 0 radical (unpaired) electrons. The Bertz CT molecular complexity index is 1270. The van der Waals surface area contributed by atoms with E-state index in [2.05, 4.69) is 23.7 Å². The molecule has 0 spiro atoms. The molecule has 3 aromatic rings. The fraction of sp³-hybridized carbons (Fsp3) is 0.250. The fourth-order valence-electron chi connectivity index (χ4n) is 4.48. The van der Waals surface area contributed by atoms with Gasteiger partial charge in [-0.3, -0.25) is 14.6 Å². The van der Waals surface area contributed by atoms with Gasteiger partial charge in [0.05, 0.1) is 11.6 Å². The van der Waals surface area contributed by atoms with Crippen molar-refractivity contribution in [2.24, 2.45) is 0 Å². The quantitative estimate of drug-likeness (QED) is 0.297. The van der Waals surface area contributed by atoms with Gasteiger partial charge in [0.2, 0.25) is 0 Å². The van der Waals surface area contributed by atoms with Gasteiger partial charge in [-0.05, 0) is 79.9 Å². The molecule has 1 aliphatic heterocycles. The summed E-state index contributed by atoms with van der Waals surface area (Å²) < 4.78 is 13.8. The van der Waals surface area contributed by atoms with E-state index in [1.807, 2.05) is 24.3 Å². The summed E-state index contributed by atoms with van der Waals surface area (Å²) in [4.78, 5) is 34.1. The highest BCUT2D eigenvalue weighted by Crippen LogP contribution is 2.40. The smallest absolute Gasteiger partial charge is 0.295 e. The molecule has 1 amide bonds. The zero-order valence-corrected chi connectivity index (χ0v) is 20.0. The number of amides is 1. The van der Waals surface area contributed by atoms with Gasteiger partial charge >= 0.3 is 0 Å². The molecule has 0 saturated carbocycles. The van der Waals surface area contributed by atoms with Crippen LogP contribution in [0, 0.1) is 12.7 Å². The minimum absolute atomic E-state index is 0.00865. The fourth-order valence-corrected chi connectivity index (χ4v) is 4.48. The molecule has 7 heteroatoms. The summed E-state index contributed by atoms with van der Waals surface area (Å²) in [6, 6.07) is 14.6. The molecule has 1 unspecified atom stereocenters. The number of Topliss-reactive ketones (excluding diaryl/α,β-unsaturated/α-hetero) is 1. The molecule has 0 aliphatic carbocycles. The van der Waals surface area contributed by atoms with Crippen LogP contribution in [-0.4, -0.2) is 39.8 Å². The maximum atomic E-state index is 13.8. The van der Waals surface area contributed by atoms with E-state index in [-0.39, 0.29) is 23.4 Å². The minimum atomic E-state index is -0.792. The Morgan fingerprint density at radius 3 is 2.29 bits per heavy atom. The number of carbonyl (C=O) groups excluding carboxylic acids is 2. The average Bonchev–Trinajstić information content (AvgIpc) is 3.12. The number of halogens is 1. The number of pyridine rings is 1.